The number of rotatable bonds is 2. The van der Waals surface area contributed by atoms with Crippen LogP contribution in [0.3, 0.4) is 0 Å². The maximum absolute atomic E-state index is 5.31. The van der Waals surface area contributed by atoms with E-state index in [2.05, 4.69) is 40.4 Å². The molecule has 1 aromatic heterocycles. The lowest BCUT2D eigenvalue weighted by molar-refractivity contribution is 0.547. The molecule has 17 heavy (non-hydrogen) atoms. The summed E-state index contributed by atoms with van der Waals surface area (Å²) < 4.78 is 2.85. The molecule has 5 heteroatoms. The van der Waals surface area contributed by atoms with Crippen LogP contribution in [-0.2, 0) is 0 Å². The summed E-state index contributed by atoms with van der Waals surface area (Å²) in [6, 6.07) is 0.909. The quantitative estimate of drug-likeness (QED) is 0.823. The molecule has 0 aliphatic carbocycles. The van der Waals surface area contributed by atoms with Gasteiger partial charge in [-0.25, -0.2) is 5.10 Å². The van der Waals surface area contributed by atoms with Crippen LogP contribution < -0.4 is 4.90 Å². The van der Waals surface area contributed by atoms with E-state index in [1.165, 1.54) is 25.7 Å². The third-order valence-corrected chi connectivity index (χ3v) is 3.80. The number of H-pyrrole nitrogens is 1. The highest BCUT2D eigenvalue weighted by Crippen LogP contribution is 2.24. The molecule has 0 bridgehead atoms. The molecule has 96 valence electrons. The van der Waals surface area contributed by atoms with Crippen molar-refractivity contribution < 1.29 is 0 Å². The molecule has 0 saturated carbocycles. The molecule has 1 unspecified atom stereocenters. The molecular formula is C12H22N4S. The van der Waals surface area contributed by atoms with E-state index in [-0.39, 0.29) is 0 Å². The fraction of sp³-hybridized carbons (Fsp3) is 0.833. The summed E-state index contributed by atoms with van der Waals surface area (Å²) in [5.74, 6) is 1.01. The first-order valence-corrected chi connectivity index (χ1v) is 6.95. The van der Waals surface area contributed by atoms with Crippen LogP contribution in [0.1, 0.15) is 52.5 Å². The van der Waals surface area contributed by atoms with Crippen LogP contribution in [0, 0.1) is 4.77 Å². The molecule has 1 fully saturated rings. The van der Waals surface area contributed by atoms with Crippen molar-refractivity contribution in [1.82, 2.24) is 14.8 Å². The fourth-order valence-electron chi connectivity index (χ4n) is 2.54. The highest BCUT2D eigenvalue weighted by molar-refractivity contribution is 7.71. The number of aromatic nitrogens is 3. The predicted octanol–water partition coefficient (Wildman–Crippen LogP) is 3.29. The van der Waals surface area contributed by atoms with Gasteiger partial charge in [-0.05, 0) is 45.8 Å². The van der Waals surface area contributed by atoms with Gasteiger partial charge < -0.3 is 4.90 Å². The van der Waals surface area contributed by atoms with E-state index >= 15 is 0 Å². The standard InChI is InChI=1S/C12H22N4S/c1-9(2)16-11(13-14-12(16)17)15-8-6-4-5-7-10(15)3/h9-10H,4-8H2,1-3H3,(H,14,17). The van der Waals surface area contributed by atoms with Crippen LogP contribution in [0.4, 0.5) is 5.95 Å². The summed E-state index contributed by atoms with van der Waals surface area (Å²) in [6.07, 6.45) is 5.15. The first-order chi connectivity index (χ1) is 8.11. The molecule has 0 amide bonds. The number of anilines is 1. The zero-order valence-electron chi connectivity index (χ0n) is 10.9. The van der Waals surface area contributed by atoms with E-state index in [9.17, 15) is 0 Å². The van der Waals surface area contributed by atoms with Gasteiger partial charge in [0, 0.05) is 18.6 Å². The summed E-state index contributed by atoms with van der Waals surface area (Å²) in [7, 11) is 0. The molecule has 2 heterocycles. The van der Waals surface area contributed by atoms with Crippen molar-refractivity contribution >= 4 is 18.2 Å². The van der Waals surface area contributed by atoms with Crippen LogP contribution in [0.25, 0.3) is 0 Å². The van der Waals surface area contributed by atoms with Gasteiger partial charge in [-0.2, -0.15) is 0 Å². The Morgan fingerprint density at radius 3 is 2.82 bits per heavy atom. The van der Waals surface area contributed by atoms with Gasteiger partial charge in [0.05, 0.1) is 0 Å². The Balaban J connectivity index is 2.34. The van der Waals surface area contributed by atoms with Crippen LogP contribution >= 0.6 is 12.2 Å². The minimum Gasteiger partial charge on any atom is -0.338 e. The number of hydrogen-bond donors (Lipinski definition) is 1. The minimum absolute atomic E-state index is 0.353. The molecule has 1 saturated heterocycles. The molecule has 1 atom stereocenters. The van der Waals surface area contributed by atoms with Crippen molar-refractivity contribution in [1.29, 1.82) is 0 Å². The van der Waals surface area contributed by atoms with Crippen molar-refractivity contribution in [2.24, 2.45) is 0 Å². The lowest BCUT2D eigenvalue weighted by Gasteiger charge is -2.29. The second kappa shape index (κ2) is 5.21. The molecule has 1 aliphatic heterocycles. The van der Waals surface area contributed by atoms with Gasteiger partial charge in [0.15, 0.2) is 4.77 Å². The Morgan fingerprint density at radius 1 is 1.35 bits per heavy atom. The lowest BCUT2D eigenvalue weighted by atomic mass is 10.1. The highest BCUT2D eigenvalue weighted by Gasteiger charge is 2.22. The van der Waals surface area contributed by atoms with E-state index in [0.29, 0.717) is 12.1 Å². The number of nitrogens with zero attached hydrogens (tertiary/aromatic N) is 3. The van der Waals surface area contributed by atoms with Crippen molar-refractivity contribution in [3.8, 4) is 0 Å². The van der Waals surface area contributed by atoms with Crippen molar-refractivity contribution in [3.05, 3.63) is 4.77 Å². The van der Waals surface area contributed by atoms with E-state index in [1.807, 2.05) is 0 Å². The van der Waals surface area contributed by atoms with Crippen molar-refractivity contribution in [3.63, 3.8) is 0 Å². The molecule has 0 radical (unpaired) electrons. The van der Waals surface area contributed by atoms with Gasteiger partial charge in [0.25, 0.3) is 0 Å². The highest BCUT2D eigenvalue weighted by atomic mass is 32.1. The van der Waals surface area contributed by atoms with E-state index in [0.717, 1.165) is 17.3 Å². The zero-order valence-corrected chi connectivity index (χ0v) is 11.8. The maximum Gasteiger partial charge on any atom is 0.226 e. The predicted molar refractivity (Wildman–Crippen MR) is 73.1 cm³/mol. The molecule has 0 spiro atoms. The van der Waals surface area contributed by atoms with Crippen LogP contribution in [0.5, 0.6) is 0 Å². The summed E-state index contributed by atoms with van der Waals surface area (Å²) in [5, 5.41) is 7.36. The van der Waals surface area contributed by atoms with Gasteiger partial charge in [0.2, 0.25) is 5.95 Å². The zero-order chi connectivity index (χ0) is 12.4. The van der Waals surface area contributed by atoms with Crippen LogP contribution in [0.2, 0.25) is 0 Å². The van der Waals surface area contributed by atoms with Gasteiger partial charge >= 0.3 is 0 Å². The summed E-state index contributed by atoms with van der Waals surface area (Å²) in [4.78, 5) is 2.40. The fourth-order valence-corrected chi connectivity index (χ4v) is 2.87. The molecule has 2 rings (SSSR count). The smallest absolute Gasteiger partial charge is 0.226 e. The molecule has 0 aromatic carbocycles. The van der Waals surface area contributed by atoms with Crippen molar-refractivity contribution in [2.75, 3.05) is 11.4 Å². The monoisotopic (exact) mass is 254 g/mol. The Morgan fingerprint density at radius 2 is 2.12 bits per heavy atom. The van der Waals surface area contributed by atoms with Gasteiger partial charge in [-0.1, -0.05) is 12.8 Å². The first kappa shape index (κ1) is 12.6. The normalized spacial score (nSPS) is 21.9. The van der Waals surface area contributed by atoms with Crippen molar-refractivity contribution in [2.45, 2.75) is 58.5 Å². The first-order valence-electron chi connectivity index (χ1n) is 6.55. The van der Waals surface area contributed by atoms with E-state index < -0.39 is 0 Å². The SMILES string of the molecule is CC1CCCCCN1c1n[nH]c(=S)n1C(C)C. The molecular weight excluding hydrogens is 232 g/mol. The van der Waals surface area contributed by atoms with E-state index in [4.69, 9.17) is 12.2 Å². The van der Waals surface area contributed by atoms with Crippen LogP contribution in [0.15, 0.2) is 0 Å². The summed E-state index contributed by atoms with van der Waals surface area (Å²) in [5.41, 5.74) is 0. The number of hydrogen-bond acceptors (Lipinski definition) is 3. The number of aromatic amines is 1. The Labute approximate surface area is 108 Å². The third-order valence-electron chi connectivity index (χ3n) is 3.51. The van der Waals surface area contributed by atoms with Crippen LogP contribution in [-0.4, -0.2) is 27.4 Å². The summed E-state index contributed by atoms with van der Waals surface area (Å²) >= 11 is 5.31. The molecule has 1 aromatic rings. The van der Waals surface area contributed by atoms with Gasteiger partial charge in [-0.15, -0.1) is 5.10 Å². The average Bonchev–Trinajstić information content (AvgIpc) is 2.51. The average molecular weight is 254 g/mol. The van der Waals surface area contributed by atoms with Gasteiger partial charge in [0.1, 0.15) is 0 Å². The van der Waals surface area contributed by atoms with Gasteiger partial charge in [-0.3, -0.25) is 4.57 Å². The Hall–Kier alpha value is -0.840. The van der Waals surface area contributed by atoms with E-state index in [1.54, 1.807) is 0 Å². The molecule has 4 nitrogen and oxygen atoms in total. The molecule has 1 aliphatic rings. The maximum atomic E-state index is 5.31. The Kier molecular flexibility index (Phi) is 3.86. The second-order valence-corrected chi connectivity index (χ2v) is 5.57. The third kappa shape index (κ3) is 2.54. The largest absolute Gasteiger partial charge is 0.338 e. The topological polar surface area (TPSA) is 36.9 Å². The Bertz CT molecular complexity index is 420. The number of nitrogens with one attached hydrogen (secondary N) is 1. The summed E-state index contributed by atoms with van der Waals surface area (Å²) in [6.45, 7) is 7.68. The molecule has 1 N–H and O–H groups in total. The minimum atomic E-state index is 0.353. The second-order valence-electron chi connectivity index (χ2n) is 5.18. The lowest BCUT2D eigenvalue weighted by Crippen LogP contribution is -2.35.